The fourth-order valence-corrected chi connectivity index (χ4v) is 7.62. The summed E-state index contributed by atoms with van der Waals surface area (Å²) in [4.78, 5) is 81.5. The highest BCUT2D eigenvalue weighted by atomic mass is 16.7. The maximum absolute atomic E-state index is 14.3. The molecule has 5 atom stereocenters. The normalized spacial score (nSPS) is 17.6. The first kappa shape index (κ1) is 48.1. The van der Waals surface area contributed by atoms with Gasteiger partial charge in [0.1, 0.15) is 12.7 Å². The number of nitrogens with zero attached hydrogens (tertiary/aromatic N) is 2. The summed E-state index contributed by atoms with van der Waals surface area (Å²) in [5.41, 5.74) is -0.524. The van der Waals surface area contributed by atoms with Crippen molar-refractivity contribution in [2.24, 2.45) is 7.05 Å². The Kier molecular flexibility index (Phi) is 16.3. The number of non-ortho nitro benzene ring substituents is 1. The van der Waals surface area contributed by atoms with Gasteiger partial charge in [0.2, 0.25) is 18.1 Å². The Hall–Kier alpha value is -7.85. The van der Waals surface area contributed by atoms with Crippen molar-refractivity contribution in [2.75, 3.05) is 13.2 Å². The van der Waals surface area contributed by atoms with Gasteiger partial charge in [0.15, 0.2) is 18.0 Å². The number of unbranched alkanes of at least 4 members (excludes halogenated alkanes) is 5. The van der Waals surface area contributed by atoms with E-state index in [2.05, 4.69) is 6.92 Å². The lowest BCUT2D eigenvalue weighted by molar-refractivity contribution is -0.384. The first-order chi connectivity index (χ1) is 33.0. The Bertz CT molecular complexity index is 2750. The molecule has 0 bridgehead atoms. The van der Waals surface area contributed by atoms with Crippen LogP contribution in [0.2, 0.25) is 0 Å². The molecule has 1 aliphatic rings. The molecule has 0 N–H and O–H groups in total. The number of carbonyl (C=O) groups is 4. The lowest BCUT2D eigenvalue weighted by Gasteiger charge is -2.44. The summed E-state index contributed by atoms with van der Waals surface area (Å²) >= 11 is 0. The lowest BCUT2D eigenvalue weighted by Crippen LogP contribution is -2.64. The van der Waals surface area contributed by atoms with Gasteiger partial charge in [-0.1, -0.05) is 112 Å². The summed E-state index contributed by atoms with van der Waals surface area (Å²) < 4.78 is 45.0. The molecule has 16 nitrogen and oxygen atoms in total. The first-order valence-corrected chi connectivity index (χ1v) is 22.3. The van der Waals surface area contributed by atoms with Gasteiger partial charge in [0, 0.05) is 24.6 Å². The number of hydrogen-bond acceptors (Lipinski definition) is 14. The second-order valence-corrected chi connectivity index (χ2v) is 15.9. The predicted molar refractivity (Wildman–Crippen MR) is 248 cm³/mol. The Morgan fingerprint density at radius 2 is 1.10 bits per heavy atom. The van der Waals surface area contributed by atoms with Crippen molar-refractivity contribution < 1.29 is 57.3 Å². The van der Waals surface area contributed by atoms with Crippen LogP contribution in [0.15, 0.2) is 144 Å². The molecule has 1 saturated heterocycles. The molecule has 68 heavy (non-hydrogen) atoms. The van der Waals surface area contributed by atoms with Gasteiger partial charge < -0.3 is 37.7 Å². The van der Waals surface area contributed by atoms with Gasteiger partial charge >= 0.3 is 23.9 Å². The highest BCUT2D eigenvalue weighted by Crippen LogP contribution is 2.39. The minimum absolute atomic E-state index is 0.0745. The average molecular weight is 927 g/mol. The zero-order valence-corrected chi connectivity index (χ0v) is 37.4. The van der Waals surface area contributed by atoms with Gasteiger partial charge in [-0.3, -0.25) is 14.9 Å². The molecule has 0 aliphatic carbocycles. The number of aryl methyl sites for hydroxylation is 1. The number of ether oxygens (including phenoxy) is 7. The number of hydrogen-bond donors (Lipinski definition) is 0. The van der Waals surface area contributed by atoms with E-state index in [0.717, 1.165) is 32.1 Å². The first-order valence-electron chi connectivity index (χ1n) is 22.3. The van der Waals surface area contributed by atoms with Gasteiger partial charge in [-0.15, -0.1) is 0 Å². The van der Waals surface area contributed by atoms with Gasteiger partial charge in [0.05, 0.1) is 39.3 Å². The molecule has 5 aromatic carbocycles. The van der Waals surface area contributed by atoms with Crippen LogP contribution < -0.4 is 15.0 Å². The van der Waals surface area contributed by atoms with E-state index in [9.17, 15) is 34.1 Å². The average Bonchev–Trinajstić information content (AvgIpc) is 3.37. The van der Waals surface area contributed by atoms with E-state index in [1.807, 2.05) is 0 Å². The number of rotatable bonds is 20. The van der Waals surface area contributed by atoms with Gasteiger partial charge in [-0.25, -0.2) is 19.2 Å². The summed E-state index contributed by atoms with van der Waals surface area (Å²) in [5, 5.41) is 12.1. The Morgan fingerprint density at radius 3 is 1.63 bits per heavy atom. The topological polar surface area (TPSA) is 198 Å². The van der Waals surface area contributed by atoms with Gasteiger partial charge in [-0.05, 0) is 61.0 Å². The number of fused-ring (bicyclic) bond motifs is 1. The molecule has 6 aromatic rings. The molecular formula is C52H50N2O14. The van der Waals surface area contributed by atoms with Crippen LogP contribution >= 0.6 is 0 Å². The highest BCUT2D eigenvalue weighted by Gasteiger charge is 2.54. The third kappa shape index (κ3) is 11.7. The standard InChI is InChI=1S/C52H50N2O14/c1-3-4-5-6-7-20-31-62-45-42(39-30-29-38(54(60)61)32-40(39)53(2)47(45)55)68-52-46(67-51(59)37-27-18-11-19-28-37)44(66-50(58)36-25-16-10-17-26-36)43(65-49(57)35-23-14-9-15-24-35)41(64-52)33-63-48(56)34-21-12-8-13-22-34/h8-19,21-30,32,41,43-44,46,52H,3-7,20,31,33H2,1-2H3/t41-,43+,44+,46-,52+/m1/s1. The highest BCUT2D eigenvalue weighted by molar-refractivity contribution is 5.92. The van der Waals surface area contributed by atoms with Crippen molar-refractivity contribution in [3.05, 3.63) is 182 Å². The Labute approximate surface area is 391 Å². The molecule has 0 radical (unpaired) electrons. The Morgan fingerprint density at radius 1 is 0.618 bits per heavy atom. The molecule has 2 heterocycles. The van der Waals surface area contributed by atoms with Crippen LogP contribution in [0.3, 0.4) is 0 Å². The van der Waals surface area contributed by atoms with Gasteiger partial charge in [-0.2, -0.15) is 0 Å². The maximum atomic E-state index is 14.3. The van der Waals surface area contributed by atoms with Crippen molar-refractivity contribution in [1.29, 1.82) is 0 Å². The van der Waals surface area contributed by atoms with E-state index < -0.39 is 71.7 Å². The maximum Gasteiger partial charge on any atom is 0.338 e. The summed E-state index contributed by atoms with van der Waals surface area (Å²) in [6.07, 6.45) is -3.13. The molecule has 0 amide bonds. The third-order valence-corrected chi connectivity index (χ3v) is 11.2. The fraction of sp³-hybridized carbons (Fsp3) is 0.288. The molecule has 7 rings (SSSR count). The van der Waals surface area contributed by atoms with Crippen molar-refractivity contribution in [3.63, 3.8) is 0 Å². The van der Waals surface area contributed by atoms with Crippen LogP contribution in [0.5, 0.6) is 11.5 Å². The van der Waals surface area contributed by atoms with E-state index >= 15 is 0 Å². The van der Waals surface area contributed by atoms with E-state index in [1.165, 1.54) is 78.3 Å². The summed E-state index contributed by atoms with van der Waals surface area (Å²) in [6.45, 7) is 1.56. The van der Waals surface area contributed by atoms with Crippen LogP contribution in [0.1, 0.15) is 86.9 Å². The largest absolute Gasteiger partial charge is 0.485 e. The van der Waals surface area contributed by atoms with Crippen LogP contribution in [-0.2, 0) is 30.7 Å². The number of aromatic nitrogens is 1. The second kappa shape index (κ2) is 23.1. The molecule has 1 fully saturated rings. The zero-order valence-electron chi connectivity index (χ0n) is 37.4. The smallest absolute Gasteiger partial charge is 0.338 e. The number of benzene rings is 5. The summed E-state index contributed by atoms with van der Waals surface area (Å²) in [6, 6.07) is 35.5. The molecule has 0 saturated carbocycles. The number of pyridine rings is 1. The molecule has 1 aromatic heterocycles. The van der Waals surface area contributed by atoms with E-state index in [1.54, 1.807) is 72.8 Å². The van der Waals surface area contributed by atoms with Crippen LogP contribution in [0.4, 0.5) is 5.69 Å². The van der Waals surface area contributed by atoms with Crippen molar-refractivity contribution in [3.8, 4) is 11.5 Å². The van der Waals surface area contributed by atoms with Crippen LogP contribution in [-0.4, -0.2) is 77.3 Å². The number of nitro benzene ring substituents is 1. The van der Waals surface area contributed by atoms with Crippen molar-refractivity contribution >= 4 is 40.5 Å². The van der Waals surface area contributed by atoms with Gasteiger partial charge in [0.25, 0.3) is 11.2 Å². The monoisotopic (exact) mass is 926 g/mol. The zero-order chi connectivity index (χ0) is 48.0. The van der Waals surface area contributed by atoms with Crippen LogP contribution in [0, 0.1) is 10.1 Å². The minimum Gasteiger partial charge on any atom is -0.485 e. The molecule has 352 valence electrons. The summed E-state index contributed by atoms with van der Waals surface area (Å²) in [5.74, 6) is -4.06. The van der Waals surface area contributed by atoms with E-state index in [4.69, 9.17) is 33.2 Å². The molecule has 0 spiro atoms. The van der Waals surface area contributed by atoms with Crippen molar-refractivity contribution in [2.45, 2.75) is 76.2 Å². The predicted octanol–water partition coefficient (Wildman–Crippen LogP) is 8.82. The summed E-state index contributed by atoms with van der Waals surface area (Å²) in [7, 11) is 1.43. The van der Waals surface area contributed by atoms with E-state index in [-0.39, 0.29) is 57.0 Å². The third-order valence-electron chi connectivity index (χ3n) is 11.2. The quantitative estimate of drug-likeness (QED) is 0.0231. The van der Waals surface area contributed by atoms with Crippen molar-refractivity contribution in [1.82, 2.24) is 4.57 Å². The second-order valence-electron chi connectivity index (χ2n) is 15.9. The molecule has 0 unspecified atom stereocenters. The molecular weight excluding hydrogens is 877 g/mol. The molecule has 16 heteroatoms. The lowest BCUT2D eigenvalue weighted by atomic mass is 9.97. The molecule has 1 aliphatic heterocycles. The number of carbonyl (C=O) groups excluding carboxylic acids is 4. The fourth-order valence-electron chi connectivity index (χ4n) is 7.62. The number of esters is 4. The minimum atomic E-state index is -1.86. The van der Waals surface area contributed by atoms with Crippen LogP contribution in [0.25, 0.3) is 10.9 Å². The van der Waals surface area contributed by atoms with E-state index in [0.29, 0.717) is 6.42 Å². The Balaban J connectivity index is 1.38. The number of nitro groups is 1. The SMILES string of the molecule is CCCCCCCCOc1c(O[C@@H]2O[C@H](COC(=O)c3ccccc3)[C@H](OC(=O)c3ccccc3)[C@H](OC(=O)c3ccccc3)[C@H]2OC(=O)c2ccccc2)c2ccc([N+](=O)[O-])cc2n(C)c1=O.